The average molecular weight is 441 g/mol. The highest BCUT2D eigenvalue weighted by atomic mass is 16.6. The van der Waals surface area contributed by atoms with E-state index in [1.165, 1.54) is 61.7 Å². The van der Waals surface area contributed by atoms with E-state index in [2.05, 4.69) is 39.8 Å². The van der Waals surface area contributed by atoms with Gasteiger partial charge in [-0.1, -0.05) is 39.0 Å². The van der Waals surface area contributed by atoms with Crippen molar-refractivity contribution in [3.63, 3.8) is 0 Å². The lowest BCUT2D eigenvalue weighted by atomic mass is 9.89. The molecular formula is C26H40N4O2. The van der Waals surface area contributed by atoms with Crippen LogP contribution in [0.5, 0.6) is 0 Å². The number of nitrogens with zero attached hydrogens (tertiary/aromatic N) is 4. The predicted octanol–water partition coefficient (Wildman–Crippen LogP) is 5.86. The lowest BCUT2D eigenvalue weighted by Crippen LogP contribution is -2.50. The van der Waals surface area contributed by atoms with E-state index in [4.69, 9.17) is 4.74 Å². The fourth-order valence-electron chi connectivity index (χ4n) is 5.14. The van der Waals surface area contributed by atoms with Crippen molar-refractivity contribution in [3.05, 3.63) is 30.1 Å². The second-order valence-electron chi connectivity index (χ2n) is 10.8. The Morgan fingerprint density at radius 2 is 1.78 bits per heavy atom. The third kappa shape index (κ3) is 5.57. The maximum atomic E-state index is 12.4. The van der Waals surface area contributed by atoms with Crippen LogP contribution in [0, 0.1) is 5.92 Å². The Hall–Kier alpha value is -2.24. The lowest BCUT2D eigenvalue weighted by molar-refractivity contribution is 0.0240. The molecule has 3 heterocycles. The molecule has 2 aromatic rings. The Bertz CT molecular complexity index is 908. The van der Waals surface area contributed by atoms with Crippen molar-refractivity contribution in [2.45, 2.75) is 84.2 Å². The van der Waals surface area contributed by atoms with Gasteiger partial charge in [0.2, 0.25) is 0 Å². The van der Waals surface area contributed by atoms with Crippen LogP contribution >= 0.6 is 0 Å². The minimum absolute atomic E-state index is 0.212. The van der Waals surface area contributed by atoms with Gasteiger partial charge in [0.05, 0.1) is 11.2 Å². The molecule has 0 radical (unpaired) electrons. The van der Waals surface area contributed by atoms with Crippen LogP contribution in [0.3, 0.4) is 0 Å². The molecule has 6 nitrogen and oxygen atoms in total. The van der Waals surface area contributed by atoms with Gasteiger partial charge in [-0.05, 0) is 63.1 Å². The topological polar surface area (TPSA) is 50.1 Å². The highest BCUT2D eigenvalue weighted by molar-refractivity contribution is 5.74. The first-order valence-electron chi connectivity index (χ1n) is 12.5. The first-order chi connectivity index (χ1) is 15.3. The molecule has 176 valence electrons. The number of fused-ring (bicyclic) bond motifs is 1. The molecule has 0 N–H and O–H groups in total. The molecule has 2 unspecified atom stereocenters. The maximum Gasteiger partial charge on any atom is 0.410 e. The van der Waals surface area contributed by atoms with Crippen molar-refractivity contribution in [3.8, 4) is 0 Å². The standard InChI is InChI=1S/C26H40N4O2/c1-20-8-6-5-7-9-21(11-10-20)22-18-24-23(12-13-27-30(24)19-22)28-14-16-29(17-15-28)25(31)32-26(2,3)4/h12-13,18-21H,5-11,14-17H2,1-4H3. The quantitative estimate of drug-likeness (QED) is 0.587. The molecule has 2 fully saturated rings. The van der Waals surface area contributed by atoms with Crippen LogP contribution in [0.15, 0.2) is 24.5 Å². The van der Waals surface area contributed by atoms with Crippen LogP contribution in [-0.2, 0) is 4.74 Å². The minimum Gasteiger partial charge on any atom is -0.444 e. The summed E-state index contributed by atoms with van der Waals surface area (Å²) in [5, 5.41) is 4.62. The summed E-state index contributed by atoms with van der Waals surface area (Å²) in [5.74, 6) is 1.47. The van der Waals surface area contributed by atoms with Gasteiger partial charge >= 0.3 is 6.09 Å². The summed E-state index contributed by atoms with van der Waals surface area (Å²) in [6.07, 6.45) is 13.3. The first kappa shape index (κ1) is 22.9. The highest BCUT2D eigenvalue weighted by Gasteiger charge is 2.27. The zero-order chi connectivity index (χ0) is 22.7. The third-order valence-electron chi connectivity index (χ3n) is 7.01. The van der Waals surface area contributed by atoms with E-state index in [1.807, 2.05) is 31.9 Å². The summed E-state index contributed by atoms with van der Waals surface area (Å²) in [6, 6.07) is 4.49. The van der Waals surface area contributed by atoms with E-state index in [0.29, 0.717) is 19.0 Å². The van der Waals surface area contributed by atoms with Gasteiger partial charge in [0, 0.05) is 38.6 Å². The normalized spacial score (nSPS) is 23.5. The second kappa shape index (κ2) is 9.72. The highest BCUT2D eigenvalue weighted by Crippen LogP contribution is 2.35. The molecule has 2 aliphatic rings. The van der Waals surface area contributed by atoms with Crippen LogP contribution in [0.1, 0.15) is 84.1 Å². The van der Waals surface area contributed by atoms with Gasteiger partial charge in [-0.15, -0.1) is 0 Å². The van der Waals surface area contributed by atoms with Crippen LogP contribution in [0.2, 0.25) is 0 Å². The predicted molar refractivity (Wildman–Crippen MR) is 129 cm³/mol. The number of hydrogen-bond donors (Lipinski definition) is 0. The number of amides is 1. The summed E-state index contributed by atoms with van der Waals surface area (Å²) < 4.78 is 7.61. The molecule has 1 aliphatic carbocycles. The van der Waals surface area contributed by atoms with Gasteiger partial charge in [0.25, 0.3) is 0 Å². The summed E-state index contributed by atoms with van der Waals surface area (Å²) >= 11 is 0. The number of rotatable bonds is 2. The number of ether oxygens (including phenoxy) is 1. The summed E-state index contributed by atoms with van der Waals surface area (Å²) in [5.41, 5.74) is 3.38. The molecule has 32 heavy (non-hydrogen) atoms. The van der Waals surface area contributed by atoms with Gasteiger partial charge in [-0.2, -0.15) is 5.10 Å². The summed E-state index contributed by atoms with van der Waals surface area (Å²) in [6.45, 7) is 11.1. The molecule has 0 aromatic carbocycles. The van der Waals surface area contributed by atoms with E-state index in [1.54, 1.807) is 0 Å². The van der Waals surface area contributed by atoms with Gasteiger partial charge in [-0.3, -0.25) is 0 Å². The smallest absolute Gasteiger partial charge is 0.410 e. The van der Waals surface area contributed by atoms with E-state index >= 15 is 0 Å². The van der Waals surface area contributed by atoms with E-state index in [9.17, 15) is 4.79 Å². The molecule has 4 rings (SSSR count). The second-order valence-corrected chi connectivity index (χ2v) is 10.8. The molecule has 1 aliphatic heterocycles. The van der Waals surface area contributed by atoms with Crippen molar-refractivity contribution in [2.75, 3.05) is 31.1 Å². The van der Waals surface area contributed by atoms with Crippen molar-refractivity contribution in [1.29, 1.82) is 0 Å². The Labute approximate surface area is 192 Å². The Morgan fingerprint density at radius 1 is 1.03 bits per heavy atom. The molecule has 2 aromatic heterocycles. The number of aromatic nitrogens is 2. The number of piperazine rings is 1. The fraction of sp³-hybridized carbons (Fsp3) is 0.692. The van der Waals surface area contributed by atoms with Crippen molar-refractivity contribution in [2.24, 2.45) is 5.92 Å². The molecule has 1 amide bonds. The van der Waals surface area contributed by atoms with Gasteiger partial charge in [-0.25, -0.2) is 9.31 Å². The zero-order valence-corrected chi connectivity index (χ0v) is 20.3. The van der Waals surface area contributed by atoms with Crippen molar-refractivity contribution < 1.29 is 9.53 Å². The molecule has 0 spiro atoms. The van der Waals surface area contributed by atoms with Crippen LogP contribution in [0.4, 0.5) is 10.5 Å². The Kier molecular flexibility index (Phi) is 6.96. The first-order valence-corrected chi connectivity index (χ1v) is 12.5. The van der Waals surface area contributed by atoms with Crippen LogP contribution in [0.25, 0.3) is 5.52 Å². The van der Waals surface area contributed by atoms with Gasteiger partial charge < -0.3 is 14.5 Å². The van der Waals surface area contributed by atoms with Crippen LogP contribution in [-0.4, -0.2) is 52.4 Å². The van der Waals surface area contributed by atoms with E-state index < -0.39 is 5.60 Å². The molecule has 0 bridgehead atoms. The monoisotopic (exact) mass is 440 g/mol. The molecule has 1 saturated carbocycles. The Morgan fingerprint density at radius 3 is 2.53 bits per heavy atom. The van der Waals surface area contributed by atoms with E-state index in [0.717, 1.165) is 19.0 Å². The number of anilines is 1. The fourth-order valence-corrected chi connectivity index (χ4v) is 5.14. The lowest BCUT2D eigenvalue weighted by Gasteiger charge is -2.36. The number of carbonyl (C=O) groups is 1. The average Bonchev–Trinajstić information content (AvgIpc) is 3.21. The molecule has 1 saturated heterocycles. The van der Waals surface area contributed by atoms with Crippen molar-refractivity contribution >= 4 is 17.3 Å². The zero-order valence-electron chi connectivity index (χ0n) is 20.3. The largest absolute Gasteiger partial charge is 0.444 e. The molecule has 2 atom stereocenters. The molecular weight excluding hydrogens is 400 g/mol. The molecule has 6 heteroatoms. The van der Waals surface area contributed by atoms with Crippen molar-refractivity contribution in [1.82, 2.24) is 14.5 Å². The number of hydrogen-bond acceptors (Lipinski definition) is 4. The van der Waals surface area contributed by atoms with Crippen LogP contribution < -0.4 is 4.90 Å². The Balaban J connectivity index is 1.47. The summed E-state index contributed by atoms with van der Waals surface area (Å²) in [7, 11) is 0. The number of carbonyl (C=O) groups excluding carboxylic acids is 1. The maximum absolute atomic E-state index is 12.4. The third-order valence-corrected chi connectivity index (χ3v) is 7.01. The van der Waals surface area contributed by atoms with Gasteiger partial charge in [0.1, 0.15) is 5.60 Å². The van der Waals surface area contributed by atoms with Gasteiger partial charge in [0.15, 0.2) is 0 Å². The summed E-state index contributed by atoms with van der Waals surface area (Å²) in [4.78, 5) is 16.6. The SMILES string of the molecule is CC1CCCCCC(c2cc3c(N4CCN(C(=O)OC(C)(C)C)CC4)ccnn3c2)CC1. The van der Waals surface area contributed by atoms with E-state index in [-0.39, 0.29) is 6.09 Å². The minimum atomic E-state index is -0.457.